The van der Waals surface area contributed by atoms with E-state index in [0.717, 1.165) is 0 Å². The normalized spacial score (nSPS) is 23.6. The van der Waals surface area contributed by atoms with Crippen molar-refractivity contribution in [2.45, 2.75) is 0 Å². The zero-order valence-electron chi connectivity index (χ0n) is 9.26. The summed E-state index contributed by atoms with van der Waals surface area (Å²) in [4.78, 5) is 25.4. The fourth-order valence-corrected chi connectivity index (χ4v) is 1.72. The van der Waals surface area contributed by atoms with Gasteiger partial charge in [-0.3, -0.25) is 9.28 Å². The topological polar surface area (TPSA) is 95.5 Å². The Labute approximate surface area is 103 Å². The molecule has 1 unspecified atom stereocenters. The molecule has 0 saturated heterocycles. The summed E-state index contributed by atoms with van der Waals surface area (Å²) in [5.41, 5.74) is 5.51. The minimum Gasteiger partial charge on any atom is -0.366 e. The number of rotatable bonds is 5. The molecule has 0 fully saturated rings. The zero-order chi connectivity index (χ0) is 13.1. The van der Waals surface area contributed by atoms with Crippen molar-refractivity contribution in [3.63, 3.8) is 0 Å². The minimum atomic E-state index is -0.850. The predicted molar refractivity (Wildman–Crippen MR) is 60.1 cm³/mol. The molecule has 17 heavy (non-hydrogen) atoms. The first kappa shape index (κ1) is 13.5. The summed E-state index contributed by atoms with van der Waals surface area (Å²) < 4.78 is 0.280. The summed E-state index contributed by atoms with van der Waals surface area (Å²) >= 11 is 5.83. The maximum absolute atomic E-state index is 11.1. The average molecular weight is 263 g/mol. The standard InChI is InChI=1S/C9H12ClN3O4/c1-13(4-5-17-12(15)16)3-2-8(10)7(6-13)9(11)14/h2-3H,4-6H2,1H3,(H-,11,14)/p+1. The number of quaternary nitrogens is 1. The number of hydrogen-bond acceptors (Lipinski definition) is 4. The summed E-state index contributed by atoms with van der Waals surface area (Å²) in [6.07, 6.45) is 3.31. The van der Waals surface area contributed by atoms with E-state index in [1.807, 2.05) is 0 Å². The first-order valence-electron chi connectivity index (χ1n) is 4.83. The van der Waals surface area contributed by atoms with E-state index < -0.39 is 11.0 Å². The Kier molecular flexibility index (Phi) is 4.08. The number of nitrogens with zero attached hydrogens (tertiary/aromatic N) is 2. The van der Waals surface area contributed by atoms with Crippen LogP contribution in [0.5, 0.6) is 0 Å². The predicted octanol–water partition coefficient (Wildman–Crippen LogP) is 0.147. The van der Waals surface area contributed by atoms with Crippen molar-refractivity contribution < 1.29 is 19.2 Å². The SMILES string of the molecule is C[N+]1(CCO[N+](=O)[O-])C=CC(Cl)=C(C(N)=O)C1. The van der Waals surface area contributed by atoms with Crippen LogP contribution in [0.2, 0.25) is 0 Å². The Bertz CT molecular complexity index is 407. The van der Waals surface area contributed by atoms with Gasteiger partial charge in [-0.2, -0.15) is 0 Å². The van der Waals surface area contributed by atoms with Crippen molar-refractivity contribution in [3.8, 4) is 0 Å². The summed E-state index contributed by atoms with van der Waals surface area (Å²) in [5, 5.41) is 9.48. The molecule has 1 aliphatic heterocycles. The number of allylic oxidation sites excluding steroid dienone is 2. The monoisotopic (exact) mass is 262 g/mol. The molecule has 0 aromatic heterocycles. The fourth-order valence-electron chi connectivity index (χ4n) is 1.51. The van der Waals surface area contributed by atoms with E-state index in [-0.39, 0.29) is 11.1 Å². The largest absolute Gasteiger partial charge is 0.366 e. The van der Waals surface area contributed by atoms with Gasteiger partial charge in [-0.15, -0.1) is 10.1 Å². The van der Waals surface area contributed by atoms with Crippen LogP contribution in [0.1, 0.15) is 0 Å². The highest BCUT2D eigenvalue weighted by Crippen LogP contribution is 2.22. The van der Waals surface area contributed by atoms with E-state index in [1.165, 1.54) is 0 Å². The van der Waals surface area contributed by atoms with Crippen LogP contribution < -0.4 is 5.73 Å². The van der Waals surface area contributed by atoms with E-state index in [9.17, 15) is 14.9 Å². The van der Waals surface area contributed by atoms with Gasteiger partial charge >= 0.3 is 0 Å². The first-order valence-corrected chi connectivity index (χ1v) is 5.21. The van der Waals surface area contributed by atoms with E-state index in [2.05, 4.69) is 4.84 Å². The second-order valence-electron chi connectivity index (χ2n) is 3.92. The number of halogens is 1. The molecular formula is C9H13ClN3O4+. The van der Waals surface area contributed by atoms with Crippen LogP contribution in [0.3, 0.4) is 0 Å². The molecule has 0 aromatic carbocycles. The summed E-state index contributed by atoms with van der Waals surface area (Å²) in [7, 11) is 1.80. The van der Waals surface area contributed by atoms with Gasteiger partial charge in [-0.25, -0.2) is 0 Å². The van der Waals surface area contributed by atoms with Crippen molar-refractivity contribution in [2.75, 3.05) is 26.7 Å². The number of primary amides is 1. The summed E-state index contributed by atoms with van der Waals surface area (Å²) in [6, 6.07) is 0. The lowest BCUT2D eigenvalue weighted by molar-refractivity contribution is -0.866. The molecule has 94 valence electrons. The smallest absolute Gasteiger partial charge is 0.294 e. The van der Waals surface area contributed by atoms with Crippen molar-refractivity contribution in [3.05, 3.63) is 33.0 Å². The number of carbonyl (C=O) groups excluding carboxylic acids is 1. The lowest BCUT2D eigenvalue weighted by atomic mass is 10.1. The summed E-state index contributed by atoms with van der Waals surface area (Å²) in [6.45, 7) is 0.585. The van der Waals surface area contributed by atoms with Gasteiger partial charge in [0.05, 0.1) is 23.9 Å². The number of amides is 1. The van der Waals surface area contributed by atoms with Crippen molar-refractivity contribution in [2.24, 2.45) is 5.73 Å². The average Bonchev–Trinajstić information content (AvgIpc) is 2.21. The summed E-state index contributed by atoms with van der Waals surface area (Å²) in [5.74, 6) is -0.584. The number of carbonyl (C=O) groups is 1. The Balaban J connectivity index is 2.66. The molecule has 7 nitrogen and oxygen atoms in total. The Morgan fingerprint density at radius 3 is 2.94 bits per heavy atom. The third-order valence-electron chi connectivity index (χ3n) is 2.48. The molecule has 1 atom stereocenters. The second-order valence-corrected chi connectivity index (χ2v) is 4.33. The van der Waals surface area contributed by atoms with Gasteiger partial charge in [0.2, 0.25) is 0 Å². The molecule has 0 aromatic rings. The molecule has 1 rings (SSSR count). The molecule has 2 N–H and O–H groups in total. The molecule has 0 bridgehead atoms. The lowest BCUT2D eigenvalue weighted by Gasteiger charge is -2.32. The van der Waals surface area contributed by atoms with Crippen LogP contribution in [-0.2, 0) is 9.63 Å². The van der Waals surface area contributed by atoms with Gasteiger partial charge in [0.25, 0.3) is 11.0 Å². The third kappa shape index (κ3) is 3.72. The molecule has 1 aliphatic rings. The molecule has 1 amide bonds. The molecule has 8 heteroatoms. The van der Waals surface area contributed by atoms with Crippen molar-refractivity contribution in [1.82, 2.24) is 0 Å². The van der Waals surface area contributed by atoms with Crippen molar-refractivity contribution >= 4 is 17.5 Å². The van der Waals surface area contributed by atoms with Gasteiger partial charge in [-0.1, -0.05) is 11.6 Å². The van der Waals surface area contributed by atoms with Gasteiger partial charge in [0, 0.05) is 6.08 Å². The molecule has 1 heterocycles. The molecule has 0 saturated carbocycles. The Morgan fingerprint density at radius 1 is 1.76 bits per heavy atom. The quantitative estimate of drug-likeness (QED) is 0.433. The zero-order valence-corrected chi connectivity index (χ0v) is 10.0. The van der Waals surface area contributed by atoms with Crippen LogP contribution in [0.4, 0.5) is 0 Å². The molecule has 0 radical (unpaired) electrons. The van der Waals surface area contributed by atoms with Crippen molar-refractivity contribution in [1.29, 1.82) is 0 Å². The van der Waals surface area contributed by atoms with Crippen LogP contribution in [-0.4, -0.2) is 42.2 Å². The second kappa shape index (κ2) is 5.15. The maximum atomic E-state index is 11.1. The highest BCUT2D eigenvalue weighted by molar-refractivity contribution is 6.33. The number of hydrogen-bond donors (Lipinski definition) is 1. The van der Waals surface area contributed by atoms with E-state index in [4.69, 9.17) is 17.3 Å². The third-order valence-corrected chi connectivity index (χ3v) is 2.84. The van der Waals surface area contributed by atoms with Crippen LogP contribution in [0, 0.1) is 10.1 Å². The van der Waals surface area contributed by atoms with Gasteiger partial charge in [0.1, 0.15) is 19.7 Å². The Morgan fingerprint density at radius 2 is 2.41 bits per heavy atom. The van der Waals surface area contributed by atoms with Crippen LogP contribution >= 0.6 is 11.6 Å². The molecular weight excluding hydrogens is 250 g/mol. The highest BCUT2D eigenvalue weighted by atomic mass is 35.5. The van der Waals surface area contributed by atoms with Gasteiger partial charge < -0.3 is 10.6 Å². The molecule has 0 aliphatic carbocycles. The minimum absolute atomic E-state index is 0.0580. The number of nitrogens with two attached hydrogens (primary N) is 1. The van der Waals surface area contributed by atoms with Gasteiger partial charge in [-0.05, 0) is 0 Å². The lowest BCUT2D eigenvalue weighted by Crippen LogP contribution is -2.46. The van der Waals surface area contributed by atoms with Gasteiger partial charge in [0.15, 0.2) is 0 Å². The Hall–Kier alpha value is -1.60. The van der Waals surface area contributed by atoms with Crippen LogP contribution in [0.15, 0.2) is 22.9 Å². The van der Waals surface area contributed by atoms with E-state index in [1.54, 1.807) is 19.3 Å². The number of likely N-dealkylation sites (N-methyl/N-ethyl adjacent to an activating group) is 1. The van der Waals surface area contributed by atoms with Crippen LogP contribution in [0.25, 0.3) is 0 Å². The van der Waals surface area contributed by atoms with E-state index in [0.29, 0.717) is 23.7 Å². The maximum Gasteiger partial charge on any atom is 0.294 e. The first-order chi connectivity index (χ1) is 7.84. The molecule has 0 spiro atoms. The highest BCUT2D eigenvalue weighted by Gasteiger charge is 2.28. The van der Waals surface area contributed by atoms with E-state index >= 15 is 0 Å². The fraction of sp³-hybridized carbons (Fsp3) is 0.444.